The number of rotatable bonds is 6. The van der Waals surface area contributed by atoms with Crippen molar-refractivity contribution < 1.29 is 8.78 Å². The van der Waals surface area contributed by atoms with E-state index in [1.54, 1.807) is 17.2 Å². The minimum atomic E-state index is -2.71. The number of anilines is 3. The molecule has 1 unspecified atom stereocenters. The summed E-state index contributed by atoms with van der Waals surface area (Å²) in [6.07, 6.45) is 7.02. The zero-order chi connectivity index (χ0) is 19.7. The molecule has 1 saturated heterocycles. The van der Waals surface area contributed by atoms with Gasteiger partial charge in [-0.15, -0.1) is 0 Å². The number of halogens is 2. The number of nitrogens with zero attached hydrogens (tertiary/aromatic N) is 4. The summed E-state index contributed by atoms with van der Waals surface area (Å²) in [5.41, 5.74) is 1.14. The summed E-state index contributed by atoms with van der Waals surface area (Å²) >= 11 is 0. The van der Waals surface area contributed by atoms with E-state index >= 15 is 0 Å². The molecule has 0 aromatic carbocycles. The van der Waals surface area contributed by atoms with E-state index in [9.17, 15) is 8.78 Å². The first-order chi connectivity index (χ1) is 13.4. The number of aromatic nitrogens is 4. The van der Waals surface area contributed by atoms with Crippen LogP contribution in [-0.2, 0) is 0 Å². The van der Waals surface area contributed by atoms with Gasteiger partial charge in [-0.3, -0.25) is 5.10 Å². The van der Waals surface area contributed by atoms with Gasteiger partial charge in [0, 0.05) is 36.3 Å². The fourth-order valence-corrected chi connectivity index (χ4v) is 4.36. The Morgan fingerprint density at radius 1 is 1.29 bits per heavy atom. The van der Waals surface area contributed by atoms with Crippen LogP contribution in [0.5, 0.6) is 0 Å². The first kappa shape index (κ1) is 19.1. The van der Waals surface area contributed by atoms with E-state index in [1.165, 1.54) is 25.7 Å². The van der Waals surface area contributed by atoms with Gasteiger partial charge in [-0.1, -0.05) is 26.7 Å². The molecule has 2 aromatic rings. The zero-order valence-corrected chi connectivity index (χ0v) is 16.5. The molecule has 0 bridgehead atoms. The van der Waals surface area contributed by atoms with Crippen molar-refractivity contribution in [1.82, 2.24) is 20.2 Å². The van der Waals surface area contributed by atoms with Gasteiger partial charge in [-0.2, -0.15) is 10.1 Å². The Hall–Kier alpha value is -2.25. The van der Waals surface area contributed by atoms with Crippen LogP contribution in [0.1, 0.15) is 57.6 Å². The topological polar surface area (TPSA) is 69.7 Å². The highest BCUT2D eigenvalue weighted by atomic mass is 19.3. The number of H-pyrrole nitrogens is 1. The van der Waals surface area contributed by atoms with Gasteiger partial charge in [0.15, 0.2) is 5.82 Å². The van der Waals surface area contributed by atoms with Crippen LogP contribution < -0.4 is 10.2 Å². The van der Waals surface area contributed by atoms with Crippen LogP contribution >= 0.6 is 0 Å². The molecular formula is C20H28F2N6. The molecule has 3 heterocycles. The highest BCUT2D eigenvalue weighted by molar-refractivity contribution is 5.53. The number of alkyl halides is 2. The quantitative estimate of drug-likeness (QED) is 0.747. The largest absolute Gasteiger partial charge is 0.334 e. The van der Waals surface area contributed by atoms with Crippen LogP contribution in [0.25, 0.3) is 0 Å². The van der Waals surface area contributed by atoms with Crippen molar-refractivity contribution in [3.05, 3.63) is 24.0 Å². The first-order valence-electron chi connectivity index (χ1n) is 10.2. The van der Waals surface area contributed by atoms with Crippen molar-refractivity contribution in [2.45, 2.75) is 57.8 Å². The third-order valence-electron chi connectivity index (χ3n) is 5.77. The molecule has 2 aromatic heterocycles. The lowest BCUT2D eigenvalue weighted by molar-refractivity contribution is -0.0274. The number of hydrogen-bond donors (Lipinski definition) is 2. The molecule has 6 nitrogen and oxygen atoms in total. The van der Waals surface area contributed by atoms with E-state index in [0.29, 0.717) is 29.9 Å². The van der Waals surface area contributed by atoms with Crippen molar-refractivity contribution in [2.75, 3.05) is 23.3 Å². The van der Waals surface area contributed by atoms with E-state index in [0.717, 1.165) is 5.69 Å². The third kappa shape index (κ3) is 4.10. The fourth-order valence-electron chi connectivity index (χ4n) is 4.36. The third-order valence-corrected chi connectivity index (χ3v) is 5.77. The van der Waals surface area contributed by atoms with Gasteiger partial charge in [0.1, 0.15) is 5.82 Å². The predicted molar refractivity (Wildman–Crippen MR) is 105 cm³/mol. The number of aromatic amines is 1. The molecule has 1 aliphatic carbocycles. The lowest BCUT2D eigenvalue weighted by atomic mass is 9.94. The monoisotopic (exact) mass is 390 g/mol. The molecule has 4 rings (SSSR count). The van der Waals surface area contributed by atoms with Crippen molar-refractivity contribution in [3.63, 3.8) is 0 Å². The molecule has 2 fully saturated rings. The summed E-state index contributed by atoms with van der Waals surface area (Å²) in [5, 5.41) is 10.6. The number of hydrogen-bond acceptors (Lipinski definition) is 5. The van der Waals surface area contributed by atoms with Gasteiger partial charge in [-0.05, 0) is 31.2 Å². The maximum absolute atomic E-state index is 14.4. The Morgan fingerprint density at radius 2 is 2.07 bits per heavy atom. The Morgan fingerprint density at radius 3 is 2.82 bits per heavy atom. The van der Waals surface area contributed by atoms with Crippen molar-refractivity contribution in [3.8, 4) is 0 Å². The Balaban J connectivity index is 1.45. The molecule has 1 saturated carbocycles. The van der Waals surface area contributed by atoms with Crippen molar-refractivity contribution in [2.24, 2.45) is 11.8 Å². The average Bonchev–Trinajstić information content (AvgIpc) is 3.36. The molecule has 0 spiro atoms. The Kier molecular flexibility index (Phi) is 5.21. The van der Waals surface area contributed by atoms with Crippen LogP contribution in [0, 0.1) is 11.8 Å². The second-order valence-electron chi connectivity index (χ2n) is 8.52. The van der Waals surface area contributed by atoms with Gasteiger partial charge in [0.25, 0.3) is 5.92 Å². The summed E-state index contributed by atoms with van der Waals surface area (Å²) in [4.78, 5) is 10.3. The Bertz CT molecular complexity index is 799. The van der Waals surface area contributed by atoms with E-state index in [4.69, 9.17) is 0 Å². The molecule has 152 valence electrons. The van der Waals surface area contributed by atoms with Crippen LogP contribution in [0.2, 0.25) is 0 Å². The van der Waals surface area contributed by atoms with Crippen LogP contribution in [0.4, 0.5) is 26.4 Å². The maximum atomic E-state index is 14.4. The van der Waals surface area contributed by atoms with Crippen LogP contribution in [-0.4, -0.2) is 39.2 Å². The maximum Gasteiger partial charge on any atom is 0.269 e. The van der Waals surface area contributed by atoms with E-state index < -0.39 is 11.8 Å². The number of nitrogens with one attached hydrogen (secondary N) is 2. The van der Waals surface area contributed by atoms with Gasteiger partial charge < -0.3 is 10.2 Å². The fraction of sp³-hybridized carbons (Fsp3) is 0.650. The highest BCUT2D eigenvalue weighted by Crippen LogP contribution is 2.38. The summed E-state index contributed by atoms with van der Waals surface area (Å²) in [6.45, 7) is 3.90. The molecule has 28 heavy (non-hydrogen) atoms. The SMILES string of the molecule is CC(C)CC1CN(c2nccc(Nc3cc(C4CCCC4)[nH]n3)n2)CC1(F)F. The second kappa shape index (κ2) is 7.64. The smallest absolute Gasteiger partial charge is 0.269 e. The second-order valence-corrected chi connectivity index (χ2v) is 8.52. The van der Waals surface area contributed by atoms with Crippen molar-refractivity contribution in [1.29, 1.82) is 0 Å². The van der Waals surface area contributed by atoms with Crippen LogP contribution in [0.3, 0.4) is 0 Å². The summed E-state index contributed by atoms with van der Waals surface area (Å²) in [7, 11) is 0. The standard InChI is InChI=1S/C20H28F2N6/c1-13(2)9-15-11-28(12-20(15,21)22)19-23-8-7-17(25-19)24-18-10-16(26-27-18)14-5-3-4-6-14/h7-8,10,13-15H,3-6,9,11-12H2,1-2H3,(H2,23,24,25,26,27). The minimum Gasteiger partial charge on any atom is -0.334 e. The van der Waals surface area contributed by atoms with Crippen LogP contribution in [0.15, 0.2) is 18.3 Å². The molecule has 1 atom stereocenters. The molecule has 1 aliphatic heterocycles. The molecule has 0 amide bonds. The predicted octanol–water partition coefficient (Wildman–Crippen LogP) is 4.72. The zero-order valence-electron chi connectivity index (χ0n) is 16.5. The van der Waals surface area contributed by atoms with Gasteiger partial charge in [0.05, 0.1) is 6.54 Å². The molecular weight excluding hydrogens is 362 g/mol. The Labute approximate surface area is 164 Å². The van der Waals surface area contributed by atoms with Gasteiger partial charge >= 0.3 is 0 Å². The molecule has 0 radical (unpaired) electrons. The lowest BCUT2D eigenvalue weighted by Crippen LogP contribution is -2.28. The van der Waals surface area contributed by atoms with E-state index in [2.05, 4.69) is 25.5 Å². The van der Waals surface area contributed by atoms with Crippen molar-refractivity contribution >= 4 is 17.6 Å². The van der Waals surface area contributed by atoms with Gasteiger partial charge in [0.2, 0.25) is 5.95 Å². The first-order valence-corrected chi connectivity index (χ1v) is 10.2. The lowest BCUT2D eigenvalue weighted by Gasteiger charge is -2.18. The highest BCUT2D eigenvalue weighted by Gasteiger charge is 2.48. The summed E-state index contributed by atoms with van der Waals surface area (Å²) < 4.78 is 28.8. The molecule has 2 aliphatic rings. The van der Waals surface area contributed by atoms with E-state index in [1.807, 2.05) is 19.9 Å². The summed E-state index contributed by atoms with van der Waals surface area (Å²) in [5.74, 6) is -1.00. The molecule has 8 heteroatoms. The minimum absolute atomic E-state index is 0.235. The average molecular weight is 390 g/mol. The molecule has 2 N–H and O–H groups in total. The van der Waals surface area contributed by atoms with Gasteiger partial charge in [-0.25, -0.2) is 13.8 Å². The summed E-state index contributed by atoms with van der Waals surface area (Å²) in [6, 6.07) is 3.74. The normalized spacial score (nSPS) is 22.3. The van der Waals surface area contributed by atoms with E-state index in [-0.39, 0.29) is 19.0 Å².